The minimum Gasteiger partial charge on any atom is -0.410 e. The minimum absolute atomic E-state index is 0.370. The first kappa shape index (κ1) is 11.1. The summed E-state index contributed by atoms with van der Waals surface area (Å²) in [5.74, 6) is 0.863. The van der Waals surface area contributed by atoms with E-state index in [0.717, 1.165) is 24.1 Å². The molecule has 0 saturated carbocycles. The summed E-state index contributed by atoms with van der Waals surface area (Å²) < 4.78 is 10.2. The molecule has 0 saturated heterocycles. The number of hydrogen-bond donors (Lipinski definition) is 0. The van der Waals surface area contributed by atoms with Crippen molar-refractivity contribution in [3.8, 4) is 0 Å². The second-order valence-corrected chi connectivity index (χ2v) is 2.99. The van der Waals surface area contributed by atoms with Gasteiger partial charge in [-0.15, -0.1) is 0 Å². The summed E-state index contributed by atoms with van der Waals surface area (Å²) in [5.41, 5.74) is 0.842. The van der Waals surface area contributed by atoms with E-state index in [1.54, 1.807) is 26.6 Å². The van der Waals surface area contributed by atoms with Gasteiger partial charge >= 0.3 is 7.12 Å². The number of aromatic nitrogens is 2. The Morgan fingerprint density at radius 3 is 2.21 bits per heavy atom. The lowest BCUT2D eigenvalue weighted by Gasteiger charge is -2.07. The zero-order valence-corrected chi connectivity index (χ0v) is 8.86. The van der Waals surface area contributed by atoms with Crippen molar-refractivity contribution in [1.29, 1.82) is 0 Å². The quantitative estimate of drug-likeness (QED) is 0.637. The highest BCUT2D eigenvalue weighted by atomic mass is 16.6. The van der Waals surface area contributed by atoms with Gasteiger partial charge in [0.05, 0.1) is 0 Å². The van der Waals surface area contributed by atoms with E-state index in [1.165, 1.54) is 0 Å². The molecule has 1 heterocycles. The Kier molecular flexibility index (Phi) is 4.55. The largest absolute Gasteiger partial charge is 0.496 e. The lowest BCUT2D eigenvalue weighted by molar-refractivity contribution is 0.291. The first-order valence-electron chi connectivity index (χ1n) is 4.68. The molecule has 0 fully saturated rings. The summed E-state index contributed by atoms with van der Waals surface area (Å²) in [6.45, 7) is 2.10. The Morgan fingerprint density at radius 1 is 1.21 bits per heavy atom. The summed E-state index contributed by atoms with van der Waals surface area (Å²) >= 11 is 0. The normalized spacial score (nSPS) is 10.2. The van der Waals surface area contributed by atoms with Gasteiger partial charge in [0.15, 0.2) is 0 Å². The topological polar surface area (TPSA) is 44.2 Å². The molecule has 0 N–H and O–H groups in total. The first-order chi connectivity index (χ1) is 6.81. The summed E-state index contributed by atoms with van der Waals surface area (Å²) in [6.07, 6.45) is 5.45. The second-order valence-electron chi connectivity index (χ2n) is 2.99. The molecule has 0 aliphatic heterocycles. The third kappa shape index (κ3) is 2.78. The number of aryl methyl sites for hydroxylation is 1. The molecule has 0 radical (unpaired) electrons. The predicted octanol–water partition coefficient (Wildman–Crippen LogP) is 0.417. The van der Waals surface area contributed by atoms with E-state index in [-0.39, 0.29) is 7.12 Å². The van der Waals surface area contributed by atoms with Crippen LogP contribution >= 0.6 is 0 Å². The Hall–Kier alpha value is -0.935. The molecule has 4 nitrogen and oxygen atoms in total. The Balaban J connectivity index is 2.71. The van der Waals surface area contributed by atoms with Gasteiger partial charge in [0.1, 0.15) is 5.82 Å². The van der Waals surface area contributed by atoms with Crippen LogP contribution in [0.25, 0.3) is 0 Å². The van der Waals surface area contributed by atoms with Gasteiger partial charge in [-0.1, -0.05) is 6.92 Å². The molecule has 0 aliphatic carbocycles. The highest BCUT2D eigenvalue weighted by Gasteiger charge is 2.18. The van der Waals surface area contributed by atoms with Crippen LogP contribution in [0.5, 0.6) is 0 Å². The molecular weight excluding hydrogens is 179 g/mol. The van der Waals surface area contributed by atoms with E-state index in [9.17, 15) is 0 Å². The van der Waals surface area contributed by atoms with Crippen molar-refractivity contribution >= 4 is 12.6 Å². The lowest BCUT2D eigenvalue weighted by atomic mass is 9.81. The number of nitrogens with zero attached hydrogens (tertiary/aromatic N) is 2. The van der Waals surface area contributed by atoms with Gasteiger partial charge < -0.3 is 9.31 Å². The molecule has 0 bridgehead atoms. The van der Waals surface area contributed by atoms with Crippen molar-refractivity contribution in [2.75, 3.05) is 14.2 Å². The van der Waals surface area contributed by atoms with Gasteiger partial charge in [-0.3, -0.25) is 0 Å². The molecule has 0 amide bonds. The fraction of sp³-hybridized carbons (Fsp3) is 0.556. The Labute approximate surface area is 84.8 Å². The molecule has 1 aromatic heterocycles. The zero-order chi connectivity index (χ0) is 10.4. The minimum atomic E-state index is -0.370. The monoisotopic (exact) mass is 194 g/mol. The maximum absolute atomic E-state index is 5.08. The summed E-state index contributed by atoms with van der Waals surface area (Å²) in [4.78, 5) is 8.43. The maximum Gasteiger partial charge on any atom is 0.496 e. The summed E-state index contributed by atoms with van der Waals surface area (Å²) in [7, 11) is 2.81. The van der Waals surface area contributed by atoms with Crippen LogP contribution in [-0.2, 0) is 15.7 Å². The fourth-order valence-electron chi connectivity index (χ4n) is 1.21. The van der Waals surface area contributed by atoms with E-state index in [0.29, 0.717) is 0 Å². The van der Waals surface area contributed by atoms with Gasteiger partial charge in [-0.2, -0.15) is 0 Å². The van der Waals surface area contributed by atoms with Crippen molar-refractivity contribution < 1.29 is 9.31 Å². The summed E-state index contributed by atoms with van der Waals surface area (Å²) in [5, 5.41) is 0. The molecule has 76 valence electrons. The molecule has 0 unspecified atom stereocenters. The highest BCUT2D eigenvalue weighted by molar-refractivity contribution is 6.61. The highest BCUT2D eigenvalue weighted by Crippen LogP contribution is 1.93. The molecule has 0 spiro atoms. The van der Waals surface area contributed by atoms with Crippen LogP contribution in [-0.4, -0.2) is 31.3 Å². The SMILES string of the molecule is CCCc1ncc(B(OC)OC)cn1. The fourth-order valence-corrected chi connectivity index (χ4v) is 1.21. The lowest BCUT2D eigenvalue weighted by Crippen LogP contribution is -2.35. The Morgan fingerprint density at radius 2 is 1.79 bits per heavy atom. The molecule has 1 aromatic rings. The molecule has 0 aliphatic rings. The number of rotatable bonds is 5. The second kappa shape index (κ2) is 5.72. The van der Waals surface area contributed by atoms with Crippen LogP contribution in [0.3, 0.4) is 0 Å². The molecular formula is C9H15BN2O2. The van der Waals surface area contributed by atoms with Crippen molar-refractivity contribution in [3.63, 3.8) is 0 Å². The van der Waals surface area contributed by atoms with Crippen molar-refractivity contribution in [1.82, 2.24) is 9.97 Å². The van der Waals surface area contributed by atoms with E-state index in [2.05, 4.69) is 16.9 Å². The van der Waals surface area contributed by atoms with Crippen LogP contribution in [0.4, 0.5) is 0 Å². The van der Waals surface area contributed by atoms with Crippen LogP contribution in [0.2, 0.25) is 0 Å². The van der Waals surface area contributed by atoms with Crippen LogP contribution in [0.1, 0.15) is 19.2 Å². The molecule has 0 aromatic carbocycles. The smallest absolute Gasteiger partial charge is 0.410 e. The van der Waals surface area contributed by atoms with Crippen molar-refractivity contribution in [2.45, 2.75) is 19.8 Å². The first-order valence-corrected chi connectivity index (χ1v) is 4.68. The summed E-state index contributed by atoms with van der Waals surface area (Å²) in [6, 6.07) is 0. The molecule has 1 rings (SSSR count). The number of hydrogen-bond acceptors (Lipinski definition) is 4. The average molecular weight is 194 g/mol. The van der Waals surface area contributed by atoms with Gasteiger partial charge in [0.2, 0.25) is 0 Å². The standard InChI is InChI=1S/C9H15BN2O2/c1-4-5-9-11-6-8(7-12-9)10(13-2)14-3/h6-7H,4-5H2,1-3H3. The van der Waals surface area contributed by atoms with Crippen molar-refractivity contribution in [3.05, 3.63) is 18.2 Å². The van der Waals surface area contributed by atoms with Crippen LogP contribution < -0.4 is 5.46 Å². The molecule has 5 heteroatoms. The third-order valence-corrected chi connectivity index (χ3v) is 1.90. The van der Waals surface area contributed by atoms with Gasteiger partial charge in [0.25, 0.3) is 0 Å². The molecule has 14 heavy (non-hydrogen) atoms. The average Bonchev–Trinajstić information content (AvgIpc) is 2.23. The zero-order valence-electron chi connectivity index (χ0n) is 8.86. The Bertz CT molecular complexity index is 262. The van der Waals surface area contributed by atoms with Gasteiger partial charge in [0, 0.05) is 38.5 Å². The van der Waals surface area contributed by atoms with E-state index in [4.69, 9.17) is 9.31 Å². The van der Waals surface area contributed by atoms with Crippen LogP contribution in [0.15, 0.2) is 12.4 Å². The van der Waals surface area contributed by atoms with E-state index in [1.807, 2.05) is 0 Å². The van der Waals surface area contributed by atoms with Crippen molar-refractivity contribution in [2.24, 2.45) is 0 Å². The molecule has 0 atom stereocenters. The third-order valence-electron chi connectivity index (χ3n) is 1.90. The van der Waals surface area contributed by atoms with E-state index >= 15 is 0 Å². The van der Waals surface area contributed by atoms with Crippen LogP contribution in [0, 0.1) is 0 Å². The van der Waals surface area contributed by atoms with E-state index < -0.39 is 0 Å². The maximum atomic E-state index is 5.08. The van der Waals surface area contributed by atoms with Gasteiger partial charge in [-0.25, -0.2) is 9.97 Å². The van der Waals surface area contributed by atoms with Gasteiger partial charge in [-0.05, 0) is 6.42 Å². The predicted molar refractivity (Wildman–Crippen MR) is 55.4 cm³/mol.